The Kier molecular flexibility index (Phi) is 6.91. The molecule has 3 aromatic carbocycles. The minimum atomic E-state index is -0.426. The summed E-state index contributed by atoms with van der Waals surface area (Å²) in [5.41, 5.74) is 4.61. The van der Waals surface area contributed by atoms with Gasteiger partial charge in [0.05, 0.1) is 18.5 Å². The average molecular weight is 564 g/mol. The van der Waals surface area contributed by atoms with Crippen molar-refractivity contribution in [1.82, 2.24) is 14.7 Å². The van der Waals surface area contributed by atoms with Gasteiger partial charge in [-0.15, -0.1) is 0 Å². The highest BCUT2D eigenvalue weighted by Crippen LogP contribution is 2.46. The van der Waals surface area contributed by atoms with Gasteiger partial charge in [-0.2, -0.15) is 5.10 Å². The molecule has 2 heterocycles. The lowest BCUT2D eigenvalue weighted by Crippen LogP contribution is -2.43. The number of hydrogen-bond acceptors (Lipinski definition) is 5. The van der Waals surface area contributed by atoms with Crippen LogP contribution in [0, 0.1) is 0 Å². The number of carbonyl (C=O) groups is 2. The van der Waals surface area contributed by atoms with Gasteiger partial charge in [-0.05, 0) is 56.7 Å². The largest absolute Gasteiger partial charge is 0.496 e. The van der Waals surface area contributed by atoms with Crippen molar-refractivity contribution in [2.75, 3.05) is 14.2 Å². The van der Waals surface area contributed by atoms with E-state index in [0.717, 1.165) is 17.4 Å². The van der Waals surface area contributed by atoms with Crippen molar-refractivity contribution in [3.8, 4) is 39.6 Å². The zero-order valence-corrected chi connectivity index (χ0v) is 23.7. The Morgan fingerprint density at radius 3 is 2.44 bits per heavy atom. The van der Waals surface area contributed by atoms with Crippen molar-refractivity contribution in [1.29, 1.82) is 0 Å². The lowest BCUT2D eigenvalue weighted by molar-refractivity contribution is 0.0646. The number of aldehydes is 1. The second-order valence-electron chi connectivity index (χ2n) is 10.3. The van der Waals surface area contributed by atoms with Crippen LogP contribution in [0.2, 0.25) is 10.0 Å². The molecular weight excluding hydrogens is 537 g/mol. The molecule has 5 rings (SSSR count). The summed E-state index contributed by atoms with van der Waals surface area (Å²) in [6, 6.07) is 16.1. The molecular formula is C30H27Cl2N3O4. The van der Waals surface area contributed by atoms with E-state index in [0.29, 0.717) is 49.6 Å². The Bertz CT molecular complexity index is 1600. The second kappa shape index (κ2) is 10.1. The number of benzene rings is 3. The van der Waals surface area contributed by atoms with Crippen LogP contribution in [0.4, 0.5) is 0 Å². The third-order valence-electron chi connectivity index (χ3n) is 6.85. The van der Waals surface area contributed by atoms with Gasteiger partial charge in [-0.25, -0.2) is 4.68 Å². The highest BCUT2D eigenvalue weighted by molar-refractivity contribution is 6.34. The molecule has 1 aliphatic heterocycles. The van der Waals surface area contributed by atoms with Crippen molar-refractivity contribution in [2.24, 2.45) is 0 Å². The Morgan fingerprint density at radius 2 is 1.79 bits per heavy atom. The first-order valence-electron chi connectivity index (χ1n) is 12.3. The van der Waals surface area contributed by atoms with Crippen LogP contribution in [0.5, 0.6) is 11.5 Å². The third kappa shape index (κ3) is 4.88. The Balaban J connectivity index is 1.80. The summed E-state index contributed by atoms with van der Waals surface area (Å²) in [5.74, 6) is 0.929. The summed E-state index contributed by atoms with van der Waals surface area (Å²) in [6.45, 7) is 6.02. The van der Waals surface area contributed by atoms with E-state index in [9.17, 15) is 9.59 Å². The number of amides is 1. The van der Waals surface area contributed by atoms with Gasteiger partial charge in [0, 0.05) is 51.0 Å². The van der Waals surface area contributed by atoms with E-state index in [1.165, 1.54) is 0 Å². The SMILES string of the molecule is COc1cc2c(cc1-c1cccc(C=O)c1)-c1c(c(C(=O)N(C)C(C)(C)C)nn1-c1cc(Cl)cc(Cl)c1)CO2. The van der Waals surface area contributed by atoms with Gasteiger partial charge in [-0.3, -0.25) is 9.59 Å². The maximum Gasteiger partial charge on any atom is 0.274 e. The predicted octanol–water partition coefficient (Wildman–Crippen LogP) is 7.10. The number of ether oxygens (including phenoxy) is 2. The first-order valence-corrected chi connectivity index (χ1v) is 13.0. The van der Waals surface area contributed by atoms with Crippen LogP contribution in [0.3, 0.4) is 0 Å². The van der Waals surface area contributed by atoms with E-state index >= 15 is 0 Å². The maximum atomic E-state index is 13.7. The van der Waals surface area contributed by atoms with E-state index in [1.807, 2.05) is 45.0 Å². The molecule has 0 bridgehead atoms. The van der Waals surface area contributed by atoms with E-state index in [4.69, 9.17) is 37.8 Å². The number of aromatic nitrogens is 2. The minimum Gasteiger partial charge on any atom is -0.496 e. The quantitative estimate of drug-likeness (QED) is 0.242. The average Bonchev–Trinajstić information content (AvgIpc) is 3.30. The highest BCUT2D eigenvalue weighted by atomic mass is 35.5. The molecule has 0 unspecified atom stereocenters. The molecule has 0 N–H and O–H groups in total. The number of nitrogens with zero attached hydrogens (tertiary/aromatic N) is 3. The van der Waals surface area contributed by atoms with Gasteiger partial charge in [0.1, 0.15) is 24.4 Å². The first-order chi connectivity index (χ1) is 18.5. The number of methoxy groups -OCH3 is 1. The van der Waals surface area contributed by atoms with Gasteiger partial charge < -0.3 is 14.4 Å². The molecule has 0 saturated heterocycles. The molecule has 0 saturated carbocycles. The zero-order valence-electron chi connectivity index (χ0n) is 22.2. The normalized spacial score (nSPS) is 12.3. The summed E-state index contributed by atoms with van der Waals surface area (Å²) in [5, 5.41) is 5.68. The van der Waals surface area contributed by atoms with Crippen LogP contribution in [0.15, 0.2) is 54.6 Å². The number of carbonyl (C=O) groups excluding carboxylic acids is 2. The standard InChI is InChI=1S/C30H27Cl2N3O4/c1-30(2,3)34(4)29(37)27-24-16-39-26-14-25(38-5)22(18-8-6-7-17(9-18)15-36)13-23(26)28(24)35(33-27)21-11-19(31)10-20(32)12-21/h6-15H,16H2,1-5H3. The Hall–Kier alpha value is -3.81. The molecule has 200 valence electrons. The van der Waals surface area contributed by atoms with Crippen LogP contribution in [-0.2, 0) is 6.61 Å². The monoisotopic (exact) mass is 563 g/mol. The van der Waals surface area contributed by atoms with Gasteiger partial charge in [0.25, 0.3) is 5.91 Å². The molecule has 0 fully saturated rings. The molecule has 1 aromatic heterocycles. The summed E-state index contributed by atoms with van der Waals surface area (Å²) >= 11 is 12.7. The van der Waals surface area contributed by atoms with Crippen LogP contribution < -0.4 is 9.47 Å². The molecule has 4 aromatic rings. The van der Waals surface area contributed by atoms with Gasteiger partial charge in [0.2, 0.25) is 0 Å². The third-order valence-corrected chi connectivity index (χ3v) is 7.29. The van der Waals surface area contributed by atoms with Crippen molar-refractivity contribution in [3.63, 3.8) is 0 Å². The van der Waals surface area contributed by atoms with E-state index in [2.05, 4.69) is 0 Å². The zero-order chi connectivity index (χ0) is 28.1. The molecule has 0 aliphatic carbocycles. The fraction of sp³-hybridized carbons (Fsp3) is 0.233. The van der Waals surface area contributed by atoms with Crippen LogP contribution in [0.1, 0.15) is 47.2 Å². The minimum absolute atomic E-state index is 0.138. The maximum absolute atomic E-state index is 13.7. The lowest BCUT2D eigenvalue weighted by atomic mass is 9.95. The van der Waals surface area contributed by atoms with Gasteiger partial charge in [-0.1, -0.05) is 41.4 Å². The lowest BCUT2D eigenvalue weighted by Gasteiger charge is -2.31. The van der Waals surface area contributed by atoms with Crippen molar-refractivity contribution in [2.45, 2.75) is 32.9 Å². The molecule has 1 amide bonds. The summed E-state index contributed by atoms with van der Waals surface area (Å²) < 4.78 is 13.6. The summed E-state index contributed by atoms with van der Waals surface area (Å²) in [4.78, 5) is 26.8. The van der Waals surface area contributed by atoms with Gasteiger partial charge >= 0.3 is 0 Å². The van der Waals surface area contributed by atoms with E-state index in [-0.39, 0.29) is 18.2 Å². The molecule has 9 heteroatoms. The van der Waals surface area contributed by atoms with Crippen molar-refractivity contribution in [3.05, 3.63) is 81.5 Å². The second-order valence-corrected chi connectivity index (χ2v) is 11.2. The topological polar surface area (TPSA) is 73.7 Å². The molecule has 0 atom stereocenters. The molecule has 0 spiro atoms. The number of fused-ring (bicyclic) bond motifs is 3. The molecule has 39 heavy (non-hydrogen) atoms. The Morgan fingerprint density at radius 1 is 1.08 bits per heavy atom. The van der Waals surface area contributed by atoms with Gasteiger partial charge in [0.15, 0.2) is 5.69 Å². The predicted molar refractivity (Wildman–Crippen MR) is 153 cm³/mol. The fourth-order valence-electron chi connectivity index (χ4n) is 4.54. The summed E-state index contributed by atoms with van der Waals surface area (Å²) in [6.07, 6.45) is 0.803. The van der Waals surface area contributed by atoms with Crippen LogP contribution in [-0.4, -0.2) is 46.6 Å². The molecule has 1 aliphatic rings. The van der Waals surface area contributed by atoms with E-state index in [1.54, 1.807) is 54.1 Å². The smallest absolute Gasteiger partial charge is 0.274 e. The first kappa shape index (κ1) is 26.8. The number of halogens is 2. The number of rotatable bonds is 5. The summed E-state index contributed by atoms with van der Waals surface area (Å²) in [7, 11) is 3.34. The van der Waals surface area contributed by atoms with Crippen LogP contribution in [0.25, 0.3) is 28.1 Å². The highest BCUT2D eigenvalue weighted by Gasteiger charge is 2.34. The van der Waals surface area contributed by atoms with Crippen molar-refractivity contribution >= 4 is 35.4 Å². The van der Waals surface area contributed by atoms with Crippen molar-refractivity contribution < 1.29 is 19.1 Å². The Labute approximate surface area is 236 Å². The molecule has 7 nitrogen and oxygen atoms in total. The van der Waals surface area contributed by atoms with Crippen LogP contribution >= 0.6 is 23.2 Å². The molecule has 0 radical (unpaired) electrons. The van der Waals surface area contributed by atoms with E-state index < -0.39 is 5.54 Å². The number of hydrogen-bond donors (Lipinski definition) is 0. The fourth-order valence-corrected chi connectivity index (χ4v) is 5.05.